The summed E-state index contributed by atoms with van der Waals surface area (Å²) in [6, 6.07) is 0. The van der Waals surface area contributed by atoms with Crippen molar-refractivity contribution in [2.24, 2.45) is 0 Å². The molecule has 0 aliphatic carbocycles. The Kier molecular flexibility index (Phi) is 5.38. The molecule has 9 nitrogen and oxygen atoms in total. The van der Waals surface area contributed by atoms with E-state index >= 15 is 0 Å². The molecule has 0 bridgehead atoms. The van der Waals surface area contributed by atoms with Crippen molar-refractivity contribution in [2.45, 2.75) is 13.8 Å². The second-order valence-electron chi connectivity index (χ2n) is 4.20. The van der Waals surface area contributed by atoms with Crippen molar-refractivity contribution in [3.8, 4) is 5.95 Å². The molecule has 21 heavy (non-hydrogen) atoms. The minimum Gasteiger partial charge on any atom is -0.383 e. The third-order valence-electron chi connectivity index (χ3n) is 2.80. The highest BCUT2D eigenvalue weighted by atomic mass is 16.5. The van der Waals surface area contributed by atoms with Crippen molar-refractivity contribution in [3.05, 3.63) is 12.7 Å². The molecule has 0 spiro atoms. The maximum absolute atomic E-state index is 5.12. The average Bonchev–Trinajstić information content (AvgIpc) is 3.02. The number of likely N-dealkylation sites (N-methyl/N-ethyl adjacent to an activating group) is 1. The normalized spacial score (nSPS) is 10.6. The van der Waals surface area contributed by atoms with Gasteiger partial charge >= 0.3 is 0 Å². The van der Waals surface area contributed by atoms with Gasteiger partial charge in [-0.3, -0.25) is 0 Å². The van der Waals surface area contributed by atoms with Crippen LogP contribution in [0.15, 0.2) is 12.7 Å². The molecule has 2 aromatic rings. The molecule has 0 fully saturated rings. The molecule has 0 atom stereocenters. The van der Waals surface area contributed by atoms with E-state index in [1.54, 1.807) is 13.4 Å². The van der Waals surface area contributed by atoms with E-state index in [0.29, 0.717) is 31.0 Å². The summed E-state index contributed by atoms with van der Waals surface area (Å²) < 4.78 is 6.63. The summed E-state index contributed by atoms with van der Waals surface area (Å²) in [7, 11) is 1.67. The Labute approximate surface area is 123 Å². The van der Waals surface area contributed by atoms with Gasteiger partial charge < -0.3 is 15.0 Å². The molecule has 2 aromatic heterocycles. The molecule has 0 aliphatic rings. The van der Waals surface area contributed by atoms with Crippen LogP contribution in [0.1, 0.15) is 13.8 Å². The van der Waals surface area contributed by atoms with Gasteiger partial charge in [-0.15, -0.1) is 0 Å². The van der Waals surface area contributed by atoms with Crippen molar-refractivity contribution in [2.75, 3.05) is 43.6 Å². The Morgan fingerprint density at radius 2 is 2.14 bits per heavy atom. The van der Waals surface area contributed by atoms with E-state index in [1.165, 1.54) is 11.0 Å². The van der Waals surface area contributed by atoms with Crippen LogP contribution in [0.4, 0.5) is 11.9 Å². The van der Waals surface area contributed by atoms with Crippen LogP contribution >= 0.6 is 0 Å². The first kappa shape index (κ1) is 15.1. The van der Waals surface area contributed by atoms with Gasteiger partial charge in [0.1, 0.15) is 12.7 Å². The quantitative estimate of drug-likeness (QED) is 0.745. The Balaban J connectivity index is 2.34. The summed E-state index contributed by atoms with van der Waals surface area (Å²) in [6.07, 6.45) is 3.00. The van der Waals surface area contributed by atoms with Crippen LogP contribution < -0.4 is 10.2 Å². The van der Waals surface area contributed by atoms with Crippen LogP contribution in [-0.4, -0.2) is 63.1 Å². The minimum atomic E-state index is 0.435. The number of nitrogens with zero attached hydrogens (tertiary/aromatic N) is 7. The third kappa shape index (κ3) is 3.85. The summed E-state index contributed by atoms with van der Waals surface area (Å²) in [5.74, 6) is 1.54. The molecule has 1 N–H and O–H groups in total. The predicted molar refractivity (Wildman–Crippen MR) is 78.7 cm³/mol. The molecule has 0 saturated carbocycles. The lowest BCUT2D eigenvalue weighted by molar-refractivity contribution is 0.205. The number of anilines is 2. The molecule has 114 valence electrons. The van der Waals surface area contributed by atoms with E-state index in [0.717, 1.165) is 13.1 Å². The Hall–Kier alpha value is -2.29. The first-order valence-electron chi connectivity index (χ1n) is 6.87. The van der Waals surface area contributed by atoms with Gasteiger partial charge in [-0.1, -0.05) is 0 Å². The van der Waals surface area contributed by atoms with Crippen molar-refractivity contribution in [1.29, 1.82) is 0 Å². The Morgan fingerprint density at radius 3 is 2.76 bits per heavy atom. The molecule has 0 saturated heterocycles. The molecule has 0 unspecified atom stereocenters. The first-order valence-corrected chi connectivity index (χ1v) is 6.87. The second kappa shape index (κ2) is 7.48. The van der Waals surface area contributed by atoms with E-state index in [4.69, 9.17) is 4.74 Å². The maximum Gasteiger partial charge on any atom is 0.258 e. The zero-order valence-corrected chi connectivity index (χ0v) is 12.5. The number of hydrogen-bond acceptors (Lipinski definition) is 8. The van der Waals surface area contributed by atoms with E-state index in [1.807, 2.05) is 18.7 Å². The summed E-state index contributed by atoms with van der Waals surface area (Å²) >= 11 is 0. The van der Waals surface area contributed by atoms with E-state index < -0.39 is 0 Å². The summed E-state index contributed by atoms with van der Waals surface area (Å²) in [5, 5.41) is 7.16. The number of rotatable bonds is 8. The van der Waals surface area contributed by atoms with Crippen molar-refractivity contribution >= 4 is 11.9 Å². The summed E-state index contributed by atoms with van der Waals surface area (Å²) in [6.45, 7) is 6.84. The molecule has 0 amide bonds. The average molecular weight is 292 g/mol. The lowest BCUT2D eigenvalue weighted by Gasteiger charge is -2.21. The van der Waals surface area contributed by atoms with Gasteiger partial charge in [-0.25, -0.2) is 4.98 Å². The highest BCUT2D eigenvalue weighted by Gasteiger charge is 2.13. The van der Waals surface area contributed by atoms with Gasteiger partial charge in [0.2, 0.25) is 11.9 Å². The topological polar surface area (TPSA) is 93.9 Å². The third-order valence-corrected chi connectivity index (χ3v) is 2.80. The van der Waals surface area contributed by atoms with Gasteiger partial charge in [-0.2, -0.15) is 24.7 Å². The van der Waals surface area contributed by atoms with Crippen LogP contribution in [0.2, 0.25) is 0 Å². The van der Waals surface area contributed by atoms with E-state index in [2.05, 4.69) is 30.4 Å². The Morgan fingerprint density at radius 1 is 1.29 bits per heavy atom. The van der Waals surface area contributed by atoms with Crippen LogP contribution in [0, 0.1) is 0 Å². The van der Waals surface area contributed by atoms with Gasteiger partial charge in [-0.05, 0) is 13.8 Å². The number of hydrogen-bond donors (Lipinski definition) is 1. The molecule has 2 heterocycles. The minimum absolute atomic E-state index is 0.435. The first-order chi connectivity index (χ1) is 10.3. The molecule has 2 rings (SSSR count). The van der Waals surface area contributed by atoms with Gasteiger partial charge in [0.15, 0.2) is 0 Å². The summed E-state index contributed by atoms with van der Waals surface area (Å²) in [5.41, 5.74) is 0. The number of ether oxygens (including phenoxy) is 1. The van der Waals surface area contributed by atoms with Crippen LogP contribution in [0.25, 0.3) is 5.95 Å². The standard InChI is InChI=1S/C12H20N8O/c1-4-14-10-16-11(19(5-2)6-7-21-3)18-12(17-10)20-9-13-8-15-20/h8-9H,4-7H2,1-3H3,(H,14,16,17,18). The van der Waals surface area contributed by atoms with E-state index in [9.17, 15) is 0 Å². The van der Waals surface area contributed by atoms with Gasteiger partial charge in [0.25, 0.3) is 5.95 Å². The number of methoxy groups -OCH3 is 1. The maximum atomic E-state index is 5.12. The summed E-state index contributed by atoms with van der Waals surface area (Å²) in [4.78, 5) is 19.2. The van der Waals surface area contributed by atoms with Crippen molar-refractivity contribution < 1.29 is 4.74 Å². The SMILES string of the molecule is CCNc1nc(N(CC)CCOC)nc(-n2cncn2)n1. The number of aromatic nitrogens is 6. The largest absolute Gasteiger partial charge is 0.383 e. The molecular formula is C12H20N8O. The monoisotopic (exact) mass is 292 g/mol. The zero-order chi connectivity index (χ0) is 15.1. The fourth-order valence-electron chi connectivity index (χ4n) is 1.75. The van der Waals surface area contributed by atoms with Gasteiger partial charge in [0, 0.05) is 26.7 Å². The van der Waals surface area contributed by atoms with Crippen LogP contribution in [0.5, 0.6) is 0 Å². The highest BCUT2D eigenvalue weighted by Crippen LogP contribution is 2.12. The molecule has 9 heteroatoms. The molecule has 0 aliphatic heterocycles. The fourth-order valence-corrected chi connectivity index (χ4v) is 1.75. The molecule has 0 aromatic carbocycles. The molecular weight excluding hydrogens is 272 g/mol. The van der Waals surface area contributed by atoms with Crippen molar-refractivity contribution in [3.63, 3.8) is 0 Å². The zero-order valence-electron chi connectivity index (χ0n) is 12.5. The van der Waals surface area contributed by atoms with Crippen LogP contribution in [-0.2, 0) is 4.74 Å². The lowest BCUT2D eigenvalue weighted by Crippen LogP contribution is -2.29. The highest BCUT2D eigenvalue weighted by molar-refractivity contribution is 5.39. The predicted octanol–water partition coefficient (Wildman–Crippen LogP) is 0.357. The molecule has 0 radical (unpaired) electrons. The van der Waals surface area contributed by atoms with Crippen molar-refractivity contribution in [1.82, 2.24) is 29.7 Å². The van der Waals surface area contributed by atoms with Crippen LogP contribution in [0.3, 0.4) is 0 Å². The fraction of sp³-hybridized carbons (Fsp3) is 0.583. The van der Waals surface area contributed by atoms with E-state index in [-0.39, 0.29) is 0 Å². The number of nitrogens with one attached hydrogen (secondary N) is 1. The second-order valence-corrected chi connectivity index (χ2v) is 4.20. The smallest absolute Gasteiger partial charge is 0.258 e. The van der Waals surface area contributed by atoms with Gasteiger partial charge in [0.05, 0.1) is 6.61 Å². The Bertz CT molecular complexity index is 544. The lowest BCUT2D eigenvalue weighted by atomic mass is 10.5.